The van der Waals surface area contributed by atoms with E-state index in [9.17, 15) is 18.0 Å². The number of aryl methyl sites for hydroxylation is 1. The molecule has 1 saturated carbocycles. The molecule has 0 atom stereocenters. The first-order chi connectivity index (χ1) is 16.6. The van der Waals surface area contributed by atoms with Crippen molar-refractivity contribution in [2.24, 2.45) is 0 Å². The summed E-state index contributed by atoms with van der Waals surface area (Å²) in [6.45, 7) is 3.85. The lowest BCUT2D eigenvalue weighted by molar-refractivity contribution is -0.137. The first kappa shape index (κ1) is 26.3. The van der Waals surface area contributed by atoms with Crippen LogP contribution in [-0.2, 0) is 23.9 Å². The minimum atomic E-state index is -4.35. The van der Waals surface area contributed by atoms with Gasteiger partial charge in [-0.25, -0.2) is 0 Å². The fraction of sp³-hybridized carbons (Fsp3) is 0.407. The molecule has 0 bridgehead atoms. The normalized spacial score (nSPS) is 14.3. The van der Waals surface area contributed by atoms with Crippen LogP contribution in [0.3, 0.4) is 0 Å². The van der Waals surface area contributed by atoms with Gasteiger partial charge in [-0.05, 0) is 55.5 Å². The van der Waals surface area contributed by atoms with Crippen LogP contribution < -0.4 is 5.32 Å². The summed E-state index contributed by atoms with van der Waals surface area (Å²) in [5, 5.41) is 11.5. The lowest BCUT2D eigenvalue weighted by atomic mass is 9.95. The van der Waals surface area contributed by atoms with E-state index in [1.165, 1.54) is 18.6 Å². The quantitative estimate of drug-likeness (QED) is 0.435. The third-order valence-corrected chi connectivity index (χ3v) is 6.19. The van der Waals surface area contributed by atoms with Crippen molar-refractivity contribution in [3.8, 4) is 0 Å². The number of hydrogen-bond donors (Lipinski definition) is 2. The van der Waals surface area contributed by atoms with E-state index in [0.717, 1.165) is 73.3 Å². The Balaban J connectivity index is 0.000000795. The highest BCUT2D eigenvalue weighted by molar-refractivity contribution is 6.08. The van der Waals surface area contributed by atoms with E-state index in [1.54, 1.807) is 0 Å². The van der Waals surface area contributed by atoms with Crippen molar-refractivity contribution in [1.82, 2.24) is 9.88 Å². The topological polar surface area (TPSA) is 71.3 Å². The predicted molar refractivity (Wildman–Crippen MR) is 130 cm³/mol. The monoisotopic (exact) mass is 488 g/mol. The first-order valence-electron chi connectivity index (χ1n) is 11.9. The van der Waals surface area contributed by atoms with Gasteiger partial charge in [0.2, 0.25) is 0 Å². The molecule has 35 heavy (non-hydrogen) atoms. The standard InChI is InChI=1S/C25H27F3N2O.C2H4O2/c1-2-30-16-21(24(31)29-20-8-4-3-5-9-20)23-18(7-6-10-22(23)30)15-17-11-13-19(14-12-17)25(26,27)28;1-2(3)4/h6-7,10-14,16,20H,2-5,8-9,15H2,1H3,(H,29,31);1H3,(H,3,4). The van der Waals surface area contributed by atoms with Crippen LogP contribution >= 0.6 is 0 Å². The van der Waals surface area contributed by atoms with Crippen molar-refractivity contribution in [3.63, 3.8) is 0 Å². The van der Waals surface area contributed by atoms with Crippen molar-refractivity contribution in [3.05, 3.63) is 70.9 Å². The van der Waals surface area contributed by atoms with Crippen molar-refractivity contribution >= 4 is 22.8 Å². The number of aromatic nitrogens is 1. The van der Waals surface area contributed by atoms with Crippen LogP contribution in [0.5, 0.6) is 0 Å². The largest absolute Gasteiger partial charge is 0.481 e. The number of alkyl halides is 3. The van der Waals surface area contributed by atoms with Gasteiger partial charge in [0, 0.05) is 36.6 Å². The molecule has 0 spiro atoms. The van der Waals surface area contributed by atoms with Crippen LogP contribution in [0.1, 0.15) is 73.0 Å². The molecular weight excluding hydrogens is 457 g/mol. The summed E-state index contributed by atoms with van der Waals surface area (Å²) < 4.78 is 40.7. The molecule has 0 unspecified atom stereocenters. The molecule has 3 aromatic rings. The molecule has 1 heterocycles. The maximum absolute atomic E-state index is 13.2. The van der Waals surface area contributed by atoms with E-state index >= 15 is 0 Å². The van der Waals surface area contributed by atoms with Gasteiger partial charge in [0.15, 0.2) is 0 Å². The van der Waals surface area contributed by atoms with Gasteiger partial charge in [-0.1, -0.05) is 43.5 Å². The Kier molecular flexibility index (Phi) is 8.59. The Labute approximate surface area is 202 Å². The number of carboxylic acid groups (broad SMARTS) is 1. The van der Waals surface area contributed by atoms with E-state index in [-0.39, 0.29) is 11.9 Å². The van der Waals surface area contributed by atoms with Crippen LogP contribution in [0, 0.1) is 0 Å². The summed E-state index contributed by atoms with van der Waals surface area (Å²) in [5.74, 6) is -0.899. The maximum atomic E-state index is 13.2. The van der Waals surface area contributed by atoms with Gasteiger partial charge >= 0.3 is 6.18 Å². The van der Waals surface area contributed by atoms with Crippen molar-refractivity contribution in [2.45, 2.75) is 71.1 Å². The highest BCUT2D eigenvalue weighted by Crippen LogP contribution is 2.31. The number of fused-ring (bicyclic) bond motifs is 1. The number of carbonyl (C=O) groups is 2. The summed E-state index contributed by atoms with van der Waals surface area (Å²) in [6, 6.07) is 11.4. The van der Waals surface area contributed by atoms with Gasteiger partial charge in [-0.2, -0.15) is 13.2 Å². The molecule has 8 heteroatoms. The summed E-state index contributed by atoms with van der Waals surface area (Å²) in [7, 11) is 0. The number of hydrogen-bond acceptors (Lipinski definition) is 2. The number of rotatable bonds is 5. The fourth-order valence-electron chi connectivity index (χ4n) is 4.55. The molecule has 2 N–H and O–H groups in total. The van der Waals surface area contributed by atoms with E-state index in [1.807, 2.05) is 31.3 Å². The minimum absolute atomic E-state index is 0.0658. The molecule has 1 aliphatic carbocycles. The molecule has 1 fully saturated rings. The zero-order valence-electron chi connectivity index (χ0n) is 20.0. The average molecular weight is 489 g/mol. The molecule has 1 aromatic heterocycles. The van der Waals surface area contributed by atoms with Gasteiger partial charge in [0.1, 0.15) is 0 Å². The zero-order valence-corrected chi connectivity index (χ0v) is 20.0. The van der Waals surface area contributed by atoms with Crippen LogP contribution in [0.2, 0.25) is 0 Å². The third-order valence-electron chi connectivity index (χ3n) is 6.19. The molecule has 0 saturated heterocycles. The molecular formula is C27H31F3N2O3. The Hall–Kier alpha value is -3.29. The van der Waals surface area contributed by atoms with Gasteiger partial charge in [0.05, 0.1) is 11.1 Å². The maximum Gasteiger partial charge on any atom is 0.416 e. The Bertz CT molecular complexity index is 1160. The molecule has 1 aliphatic rings. The number of carboxylic acids is 1. The second-order valence-electron chi connectivity index (χ2n) is 8.84. The van der Waals surface area contributed by atoms with E-state index < -0.39 is 17.7 Å². The smallest absolute Gasteiger partial charge is 0.416 e. The lowest BCUT2D eigenvalue weighted by Gasteiger charge is -2.22. The molecule has 1 amide bonds. The van der Waals surface area contributed by atoms with Crippen molar-refractivity contribution < 1.29 is 27.9 Å². The summed E-state index contributed by atoms with van der Waals surface area (Å²) in [5.41, 5.74) is 2.69. The summed E-state index contributed by atoms with van der Waals surface area (Å²) in [6.07, 6.45) is 3.54. The molecule has 0 radical (unpaired) electrons. The predicted octanol–water partition coefficient (Wildman–Crippen LogP) is 6.42. The summed E-state index contributed by atoms with van der Waals surface area (Å²) in [4.78, 5) is 22.2. The van der Waals surface area contributed by atoms with E-state index in [4.69, 9.17) is 9.90 Å². The van der Waals surface area contributed by atoms with Crippen LogP contribution in [-0.4, -0.2) is 27.6 Å². The second-order valence-corrected chi connectivity index (χ2v) is 8.84. The average Bonchev–Trinajstić information content (AvgIpc) is 3.19. The second kappa shape index (κ2) is 11.4. The van der Waals surface area contributed by atoms with Gasteiger partial charge in [-0.3, -0.25) is 9.59 Å². The van der Waals surface area contributed by atoms with Crippen LogP contribution in [0.15, 0.2) is 48.7 Å². The van der Waals surface area contributed by atoms with Crippen molar-refractivity contribution in [1.29, 1.82) is 0 Å². The Morgan fingerprint density at radius 3 is 2.26 bits per heavy atom. The Morgan fingerprint density at radius 2 is 1.69 bits per heavy atom. The number of carbonyl (C=O) groups excluding carboxylic acids is 1. The number of benzene rings is 2. The summed E-state index contributed by atoms with van der Waals surface area (Å²) >= 11 is 0. The fourth-order valence-corrected chi connectivity index (χ4v) is 4.55. The minimum Gasteiger partial charge on any atom is -0.481 e. The van der Waals surface area contributed by atoms with Crippen LogP contribution in [0.4, 0.5) is 13.2 Å². The highest BCUT2D eigenvalue weighted by Gasteiger charge is 2.30. The number of amides is 1. The van der Waals surface area contributed by atoms with E-state index in [0.29, 0.717) is 12.0 Å². The van der Waals surface area contributed by atoms with Crippen LogP contribution in [0.25, 0.3) is 10.9 Å². The molecule has 5 nitrogen and oxygen atoms in total. The van der Waals surface area contributed by atoms with Gasteiger partial charge in [0.25, 0.3) is 11.9 Å². The van der Waals surface area contributed by atoms with Gasteiger partial charge in [-0.15, -0.1) is 0 Å². The number of nitrogens with zero attached hydrogens (tertiary/aromatic N) is 1. The highest BCUT2D eigenvalue weighted by atomic mass is 19.4. The number of nitrogens with one attached hydrogen (secondary N) is 1. The number of halogens is 3. The zero-order chi connectivity index (χ0) is 25.6. The molecule has 0 aliphatic heterocycles. The first-order valence-corrected chi connectivity index (χ1v) is 11.9. The molecule has 4 rings (SSSR count). The lowest BCUT2D eigenvalue weighted by Crippen LogP contribution is -2.36. The van der Waals surface area contributed by atoms with Crippen molar-refractivity contribution in [2.75, 3.05) is 0 Å². The van der Waals surface area contributed by atoms with E-state index in [2.05, 4.69) is 9.88 Å². The van der Waals surface area contributed by atoms with Gasteiger partial charge < -0.3 is 15.0 Å². The molecule has 2 aromatic carbocycles. The third kappa shape index (κ3) is 6.87. The SMILES string of the molecule is CC(=O)O.CCn1cc(C(=O)NC2CCCCC2)c2c(Cc3ccc(C(F)(F)F)cc3)cccc21. The molecule has 188 valence electrons. The Morgan fingerprint density at radius 1 is 1.06 bits per heavy atom. The number of aliphatic carboxylic acids is 1.